The zero-order chi connectivity index (χ0) is 17.2. The molecule has 130 valence electrons. The first kappa shape index (κ1) is 18.3. The molecule has 2 aromatic rings. The van der Waals surface area contributed by atoms with Crippen LogP contribution in [0.1, 0.15) is 62.7 Å². The number of rotatable bonds is 10. The van der Waals surface area contributed by atoms with Gasteiger partial charge in [0.05, 0.1) is 6.61 Å². The van der Waals surface area contributed by atoms with E-state index in [9.17, 15) is 10.2 Å². The molecule has 1 atom stereocenters. The second-order valence-corrected chi connectivity index (χ2v) is 6.18. The van der Waals surface area contributed by atoms with Gasteiger partial charge in [0.2, 0.25) is 0 Å². The van der Waals surface area contributed by atoms with Crippen LogP contribution < -0.4 is 4.74 Å². The molecular formula is C21H28O3. The lowest BCUT2D eigenvalue weighted by Gasteiger charge is -2.13. The zero-order valence-electron chi connectivity index (χ0n) is 14.4. The van der Waals surface area contributed by atoms with E-state index in [-0.39, 0.29) is 5.75 Å². The molecule has 0 bridgehead atoms. The molecule has 3 nitrogen and oxygen atoms in total. The third-order valence-corrected chi connectivity index (χ3v) is 4.17. The van der Waals surface area contributed by atoms with Gasteiger partial charge in [-0.25, -0.2) is 0 Å². The number of unbranched alkanes of at least 4 members (excludes halogenated alkanes) is 5. The van der Waals surface area contributed by atoms with Crippen LogP contribution in [0.2, 0.25) is 0 Å². The lowest BCUT2D eigenvalue weighted by atomic mass is 10.0. The lowest BCUT2D eigenvalue weighted by Crippen LogP contribution is -2.00. The van der Waals surface area contributed by atoms with Crippen LogP contribution in [0.25, 0.3) is 0 Å². The maximum absolute atomic E-state index is 10.4. The number of aromatic hydroxyl groups is 1. The Morgan fingerprint density at radius 3 is 1.96 bits per heavy atom. The molecule has 2 N–H and O–H groups in total. The van der Waals surface area contributed by atoms with Crippen molar-refractivity contribution < 1.29 is 14.9 Å². The summed E-state index contributed by atoms with van der Waals surface area (Å²) in [5.41, 5.74) is 1.57. The summed E-state index contributed by atoms with van der Waals surface area (Å²) in [6.45, 7) is 2.97. The summed E-state index contributed by atoms with van der Waals surface area (Å²) in [6, 6.07) is 14.2. The normalized spacial score (nSPS) is 12.1. The second kappa shape index (κ2) is 9.99. The van der Waals surface area contributed by atoms with Gasteiger partial charge in [-0.05, 0) is 41.8 Å². The highest BCUT2D eigenvalue weighted by Gasteiger charge is 2.10. The van der Waals surface area contributed by atoms with E-state index in [4.69, 9.17) is 4.74 Å². The van der Waals surface area contributed by atoms with E-state index in [1.165, 1.54) is 32.1 Å². The minimum atomic E-state index is -0.696. The highest BCUT2D eigenvalue weighted by Crippen LogP contribution is 2.25. The number of phenols is 1. The predicted molar refractivity (Wildman–Crippen MR) is 97.5 cm³/mol. The first-order chi connectivity index (χ1) is 11.7. The summed E-state index contributed by atoms with van der Waals surface area (Å²) in [7, 11) is 0. The smallest absolute Gasteiger partial charge is 0.119 e. The molecule has 0 fully saturated rings. The molecule has 2 aromatic carbocycles. The number of benzene rings is 2. The standard InChI is InChI=1S/C21H28O3/c1-2-3-4-5-6-7-16-24-20-14-10-18(11-15-20)21(23)17-8-12-19(22)13-9-17/h8-15,21-23H,2-7,16H2,1H3. The summed E-state index contributed by atoms with van der Waals surface area (Å²) in [4.78, 5) is 0. The van der Waals surface area contributed by atoms with Crippen molar-refractivity contribution in [3.63, 3.8) is 0 Å². The van der Waals surface area contributed by atoms with Crippen LogP contribution in [-0.4, -0.2) is 16.8 Å². The third-order valence-electron chi connectivity index (χ3n) is 4.17. The Hall–Kier alpha value is -2.00. The Morgan fingerprint density at radius 2 is 1.33 bits per heavy atom. The Morgan fingerprint density at radius 1 is 0.792 bits per heavy atom. The summed E-state index contributed by atoms with van der Waals surface area (Å²) in [5.74, 6) is 1.04. The monoisotopic (exact) mass is 328 g/mol. The molecular weight excluding hydrogens is 300 g/mol. The predicted octanol–water partition coefficient (Wildman–Crippen LogP) is 5.21. The van der Waals surface area contributed by atoms with Crippen molar-refractivity contribution in [2.75, 3.05) is 6.61 Å². The molecule has 0 aliphatic heterocycles. The molecule has 2 rings (SSSR count). The van der Waals surface area contributed by atoms with Gasteiger partial charge >= 0.3 is 0 Å². The van der Waals surface area contributed by atoms with E-state index in [1.807, 2.05) is 24.3 Å². The van der Waals surface area contributed by atoms with Crippen molar-refractivity contribution >= 4 is 0 Å². The van der Waals surface area contributed by atoms with Crippen LogP contribution in [-0.2, 0) is 0 Å². The summed E-state index contributed by atoms with van der Waals surface area (Å²) < 4.78 is 5.75. The zero-order valence-corrected chi connectivity index (χ0v) is 14.4. The van der Waals surface area contributed by atoms with Crippen LogP contribution >= 0.6 is 0 Å². The lowest BCUT2D eigenvalue weighted by molar-refractivity contribution is 0.220. The van der Waals surface area contributed by atoms with Crippen molar-refractivity contribution in [1.82, 2.24) is 0 Å². The fourth-order valence-electron chi connectivity index (χ4n) is 2.67. The second-order valence-electron chi connectivity index (χ2n) is 6.18. The van der Waals surface area contributed by atoms with Crippen LogP contribution in [0.4, 0.5) is 0 Å². The first-order valence-electron chi connectivity index (χ1n) is 8.90. The van der Waals surface area contributed by atoms with Gasteiger partial charge < -0.3 is 14.9 Å². The number of hydrogen-bond acceptors (Lipinski definition) is 3. The van der Waals surface area contributed by atoms with Crippen molar-refractivity contribution in [2.24, 2.45) is 0 Å². The van der Waals surface area contributed by atoms with Gasteiger partial charge in [0.1, 0.15) is 17.6 Å². The van der Waals surface area contributed by atoms with Crippen molar-refractivity contribution in [1.29, 1.82) is 0 Å². The number of aliphatic hydroxyl groups excluding tert-OH is 1. The van der Waals surface area contributed by atoms with E-state index in [0.717, 1.165) is 29.9 Å². The van der Waals surface area contributed by atoms with Gasteiger partial charge in [-0.2, -0.15) is 0 Å². The topological polar surface area (TPSA) is 49.7 Å². The van der Waals surface area contributed by atoms with E-state index < -0.39 is 6.10 Å². The molecule has 3 heteroatoms. The van der Waals surface area contributed by atoms with E-state index >= 15 is 0 Å². The van der Waals surface area contributed by atoms with Crippen LogP contribution in [0.3, 0.4) is 0 Å². The Balaban J connectivity index is 1.77. The maximum Gasteiger partial charge on any atom is 0.119 e. The molecule has 0 aliphatic rings. The van der Waals surface area contributed by atoms with Crippen molar-refractivity contribution in [2.45, 2.75) is 51.6 Å². The summed E-state index contributed by atoms with van der Waals surface area (Å²) in [6.07, 6.45) is 6.82. The molecule has 0 heterocycles. The van der Waals surface area contributed by atoms with Gasteiger partial charge in [-0.3, -0.25) is 0 Å². The molecule has 0 saturated heterocycles. The first-order valence-corrected chi connectivity index (χ1v) is 8.90. The van der Waals surface area contributed by atoms with Crippen molar-refractivity contribution in [3.8, 4) is 11.5 Å². The van der Waals surface area contributed by atoms with Crippen molar-refractivity contribution in [3.05, 3.63) is 59.7 Å². The largest absolute Gasteiger partial charge is 0.508 e. The molecule has 0 amide bonds. The number of phenolic OH excluding ortho intramolecular Hbond substituents is 1. The Labute approximate surface area is 144 Å². The van der Waals surface area contributed by atoms with Gasteiger partial charge in [0.25, 0.3) is 0 Å². The minimum absolute atomic E-state index is 0.199. The average molecular weight is 328 g/mol. The maximum atomic E-state index is 10.4. The quantitative estimate of drug-likeness (QED) is 0.588. The SMILES string of the molecule is CCCCCCCCOc1ccc(C(O)c2ccc(O)cc2)cc1. The molecule has 0 aromatic heterocycles. The van der Waals surface area contributed by atoms with Crippen LogP contribution in [0.5, 0.6) is 11.5 Å². The fraction of sp³-hybridized carbons (Fsp3) is 0.429. The summed E-state index contributed by atoms with van der Waals surface area (Å²) in [5, 5.41) is 19.7. The van der Waals surface area contributed by atoms with Crippen LogP contribution in [0.15, 0.2) is 48.5 Å². The Bertz CT molecular complexity index is 575. The van der Waals surface area contributed by atoms with Gasteiger partial charge in [-0.1, -0.05) is 63.3 Å². The molecule has 0 saturated carbocycles. The number of ether oxygens (including phenoxy) is 1. The van der Waals surface area contributed by atoms with Crippen LogP contribution in [0, 0.1) is 0 Å². The highest BCUT2D eigenvalue weighted by molar-refractivity contribution is 5.36. The molecule has 1 unspecified atom stereocenters. The van der Waals surface area contributed by atoms with E-state index in [1.54, 1.807) is 24.3 Å². The molecule has 24 heavy (non-hydrogen) atoms. The van der Waals surface area contributed by atoms with Gasteiger partial charge in [0, 0.05) is 0 Å². The average Bonchev–Trinajstić information content (AvgIpc) is 2.61. The summed E-state index contributed by atoms with van der Waals surface area (Å²) >= 11 is 0. The fourth-order valence-corrected chi connectivity index (χ4v) is 2.67. The van der Waals surface area contributed by atoms with Gasteiger partial charge in [0.15, 0.2) is 0 Å². The van der Waals surface area contributed by atoms with Gasteiger partial charge in [-0.15, -0.1) is 0 Å². The molecule has 0 aliphatic carbocycles. The highest BCUT2D eigenvalue weighted by atomic mass is 16.5. The molecule has 0 spiro atoms. The Kier molecular flexibility index (Phi) is 7.63. The minimum Gasteiger partial charge on any atom is -0.508 e. The number of hydrogen-bond donors (Lipinski definition) is 2. The number of aliphatic hydroxyl groups is 1. The molecule has 0 radical (unpaired) electrons. The van der Waals surface area contributed by atoms with E-state index in [0.29, 0.717) is 0 Å². The third kappa shape index (κ3) is 5.89. The van der Waals surface area contributed by atoms with E-state index in [2.05, 4.69) is 6.92 Å².